The molecule has 0 N–H and O–H groups in total. The van der Waals surface area contributed by atoms with Gasteiger partial charge in [0, 0.05) is 5.38 Å². The Morgan fingerprint density at radius 3 is 2.64 bits per heavy atom. The molecule has 58 valence electrons. The first-order valence-corrected chi connectivity index (χ1v) is 3.60. The lowest BCUT2D eigenvalue weighted by Crippen LogP contribution is -1.84. The molecule has 0 aliphatic heterocycles. The van der Waals surface area contributed by atoms with Crippen LogP contribution in [0.2, 0.25) is 0 Å². The lowest BCUT2D eigenvalue weighted by molar-refractivity contribution is -0.380. The van der Waals surface area contributed by atoms with Crippen LogP contribution < -0.4 is 0 Å². The van der Waals surface area contributed by atoms with Crippen molar-refractivity contribution in [3.8, 4) is 0 Å². The molecule has 1 heterocycles. The summed E-state index contributed by atoms with van der Waals surface area (Å²) >= 11 is 0.916. The number of thiophene rings is 1. The monoisotopic (exact) mass is 172 g/mol. The van der Waals surface area contributed by atoms with Gasteiger partial charge in [0.1, 0.15) is 5.69 Å². The zero-order valence-corrected chi connectivity index (χ0v) is 6.42. The molecule has 0 saturated heterocycles. The molecule has 0 amide bonds. The second-order valence-electron chi connectivity index (χ2n) is 1.90. The van der Waals surface area contributed by atoms with Gasteiger partial charge in [0.25, 0.3) is 0 Å². The summed E-state index contributed by atoms with van der Waals surface area (Å²) in [7, 11) is 0. The van der Waals surface area contributed by atoms with E-state index >= 15 is 0 Å². The number of nitro groups is 1. The lowest BCUT2D eigenvalue weighted by Gasteiger charge is -1.85. The predicted octanol–water partition coefficient (Wildman–Crippen LogP) is 2.36. The Bertz CT molecular complexity index is 307. The minimum Gasteiger partial charge on any atom is -0.258 e. The van der Waals surface area contributed by atoms with E-state index in [1.54, 1.807) is 0 Å². The van der Waals surface area contributed by atoms with E-state index in [2.05, 4.69) is 5.18 Å². The summed E-state index contributed by atoms with van der Waals surface area (Å²) < 4.78 is 0. The third kappa shape index (κ3) is 1.25. The standard InChI is InChI=1S/C5H4N2O3S/c1-3-4(6-8)2-11-5(3)7(9)10/h2H,1H3. The summed E-state index contributed by atoms with van der Waals surface area (Å²) in [5.41, 5.74) is 0.497. The third-order valence-electron chi connectivity index (χ3n) is 1.25. The Hall–Kier alpha value is -1.30. The van der Waals surface area contributed by atoms with Gasteiger partial charge in [0.2, 0.25) is 0 Å². The van der Waals surface area contributed by atoms with E-state index < -0.39 is 4.92 Å². The van der Waals surface area contributed by atoms with Gasteiger partial charge < -0.3 is 0 Å². The molecule has 0 atom stereocenters. The van der Waals surface area contributed by atoms with Gasteiger partial charge in [0.05, 0.1) is 10.5 Å². The van der Waals surface area contributed by atoms with Crippen LogP contribution in [0, 0.1) is 21.9 Å². The van der Waals surface area contributed by atoms with Crippen LogP contribution in [-0.2, 0) is 0 Å². The van der Waals surface area contributed by atoms with E-state index in [0.717, 1.165) is 11.3 Å². The van der Waals surface area contributed by atoms with Crippen LogP contribution in [0.15, 0.2) is 10.6 Å². The molecule has 0 aromatic carbocycles. The molecule has 0 bridgehead atoms. The van der Waals surface area contributed by atoms with E-state index in [4.69, 9.17) is 0 Å². The van der Waals surface area contributed by atoms with E-state index in [-0.39, 0.29) is 10.7 Å². The van der Waals surface area contributed by atoms with Gasteiger partial charge in [0.15, 0.2) is 0 Å². The molecule has 0 fully saturated rings. The van der Waals surface area contributed by atoms with Gasteiger partial charge in [-0.15, -0.1) is 4.91 Å². The van der Waals surface area contributed by atoms with Gasteiger partial charge in [-0.1, -0.05) is 11.3 Å². The molecule has 0 unspecified atom stereocenters. The zero-order valence-electron chi connectivity index (χ0n) is 5.60. The highest BCUT2D eigenvalue weighted by Gasteiger charge is 2.16. The molecule has 0 radical (unpaired) electrons. The average Bonchev–Trinajstić information content (AvgIpc) is 2.30. The number of nitroso groups, excluding NO2 is 1. The fourth-order valence-electron chi connectivity index (χ4n) is 0.668. The molecule has 11 heavy (non-hydrogen) atoms. The Kier molecular flexibility index (Phi) is 1.95. The second-order valence-corrected chi connectivity index (χ2v) is 2.76. The fourth-order valence-corrected chi connectivity index (χ4v) is 1.48. The van der Waals surface area contributed by atoms with Crippen LogP contribution in [0.3, 0.4) is 0 Å². The molecule has 0 aliphatic carbocycles. The maximum Gasteiger partial charge on any atom is 0.329 e. The van der Waals surface area contributed by atoms with Crippen LogP contribution in [0.25, 0.3) is 0 Å². The molecule has 5 nitrogen and oxygen atoms in total. The van der Waals surface area contributed by atoms with Crippen molar-refractivity contribution in [1.29, 1.82) is 0 Å². The van der Waals surface area contributed by atoms with Crippen molar-refractivity contribution in [2.75, 3.05) is 0 Å². The highest BCUT2D eigenvalue weighted by Crippen LogP contribution is 2.34. The summed E-state index contributed by atoms with van der Waals surface area (Å²) in [6.07, 6.45) is 0. The summed E-state index contributed by atoms with van der Waals surface area (Å²) in [4.78, 5) is 19.7. The summed E-state index contributed by atoms with van der Waals surface area (Å²) in [6.45, 7) is 1.51. The first-order valence-electron chi connectivity index (χ1n) is 2.72. The zero-order chi connectivity index (χ0) is 8.43. The van der Waals surface area contributed by atoms with E-state index in [1.807, 2.05) is 0 Å². The van der Waals surface area contributed by atoms with E-state index in [1.165, 1.54) is 12.3 Å². The first kappa shape index (κ1) is 7.80. The van der Waals surface area contributed by atoms with Crippen molar-refractivity contribution in [3.05, 3.63) is 26.0 Å². The molecule has 0 aliphatic rings. The fraction of sp³-hybridized carbons (Fsp3) is 0.200. The van der Waals surface area contributed by atoms with Crippen LogP contribution in [0.4, 0.5) is 10.7 Å². The number of nitrogens with zero attached hydrogens (tertiary/aromatic N) is 2. The highest BCUT2D eigenvalue weighted by molar-refractivity contribution is 7.14. The van der Waals surface area contributed by atoms with Gasteiger partial charge in [-0.25, -0.2) is 0 Å². The second kappa shape index (κ2) is 2.75. The average molecular weight is 172 g/mol. The Morgan fingerprint density at radius 2 is 2.36 bits per heavy atom. The summed E-state index contributed by atoms with van der Waals surface area (Å²) in [5.74, 6) is 0. The Morgan fingerprint density at radius 1 is 1.73 bits per heavy atom. The minimum atomic E-state index is -0.519. The largest absolute Gasteiger partial charge is 0.329 e. The van der Waals surface area contributed by atoms with E-state index in [0.29, 0.717) is 5.56 Å². The van der Waals surface area contributed by atoms with Crippen LogP contribution >= 0.6 is 11.3 Å². The van der Waals surface area contributed by atoms with Crippen molar-refractivity contribution < 1.29 is 4.92 Å². The number of hydrogen-bond donors (Lipinski definition) is 0. The smallest absolute Gasteiger partial charge is 0.258 e. The lowest BCUT2D eigenvalue weighted by atomic mass is 10.3. The molecule has 0 saturated carbocycles. The summed E-state index contributed by atoms with van der Waals surface area (Å²) in [6, 6.07) is 0. The van der Waals surface area contributed by atoms with Crippen LogP contribution in [0.1, 0.15) is 5.56 Å². The maximum absolute atomic E-state index is 10.2. The van der Waals surface area contributed by atoms with Crippen molar-refractivity contribution in [2.45, 2.75) is 6.92 Å². The van der Waals surface area contributed by atoms with Crippen molar-refractivity contribution >= 4 is 22.0 Å². The highest BCUT2D eigenvalue weighted by atomic mass is 32.1. The van der Waals surface area contributed by atoms with E-state index in [9.17, 15) is 15.0 Å². The molecule has 6 heteroatoms. The third-order valence-corrected chi connectivity index (χ3v) is 2.27. The molecule has 0 spiro atoms. The van der Waals surface area contributed by atoms with Crippen LogP contribution in [-0.4, -0.2) is 4.92 Å². The molecule has 1 rings (SSSR count). The minimum absolute atomic E-state index is 0.0143. The van der Waals surface area contributed by atoms with Crippen molar-refractivity contribution in [1.82, 2.24) is 0 Å². The van der Waals surface area contributed by atoms with Crippen LogP contribution in [0.5, 0.6) is 0 Å². The molecular weight excluding hydrogens is 168 g/mol. The quantitative estimate of drug-likeness (QED) is 0.390. The van der Waals surface area contributed by atoms with Gasteiger partial charge in [-0.3, -0.25) is 10.1 Å². The normalized spacial score (nSPS) is 9.55. The Balaban J connectivity index is 3.20. The topological polar surface area (TPSA) is 72.6 Å². The number of rotatable bonds is 2. The molecular formula is C5H4N2O3S. The SMILES string of the molecule is Cc1c(N=O)csc1[N+](=O)[O-]. The first-order chi connectivity index (χ1) is 5.16. The number of hydrogen-bond acceptors (Lipinski definition) is 5. The van der Waals surface area contributed by atoms with Crippen molar-refractivity contribution in [2.24, 2.45) is 5.18 Å². The van der Waals surface area contributed by atoms with Gasteiger partial charge >= 0.3 is 5.00 Å². The van der Waals surface area contributed by atoms with Gasteiger partial charge in [-0.2, -0.15) is 0 Å². The van der Waals surface area contributed by atoms with Crippen molar-refractivity contribution in [3.63, 3.8) is 0 Å². The van der Waals surface area contributed by atoms with Gasteiger partial charge in [-0.05, 0) is 12.1 Å². The predicted molar refractivity (Wildman–Crippen MR) is 41.2 cm³/mol. The maximum atomic E-state index is 10.2. The summed E-state index contributed by atoms with van der Waals surface area (Å²) in [5, 5.41) is 14.2. The molecule has 1 aromatic rings. The molecule has 1 aromatic heterocycles. The Labute approximate surface area is 65.8 Å².